The molecule has 0 aromatic heterocycles. The minimum absolute atomic E-state index is 0.375. The zero-order valence-corrected chi connectivity index (χ0v) is 13.2. The average Bonchev–Trinajstić information content (AvgIpc) is 2.32. The van der Waals surface area contributed by atoms with Crippen molar-refractivity contribution in [3.8, 4) is 0 Å². The van der Waals surface area contributed by atoms with Crippen molar-refractivity contribution >= 4 is 27.5 Å². The summed E-state index contributed by atoms with van der Waals surface area (Å²) in [4.78, 5) is 0. The maximum atomic E-state index is 6.12. The number of allylic oxidation sites excluding steroid dienone is 1. The second-order valence-corrected chi connectivity index (χ2v) is 5.78. The third-order valence-corrected chi connectivity index (χ3v) is 3.51. The van der Waals surface area contributed by atoms with Crippen molar-refractivity contribution in [2.24, 2.45) is 0 Å². The fraction of sp³-hybridized carbons (Fsp3) is 0.467. The highest BCUT2D eigenvalue weighted by Crippen LogP contribution is 2.26. The minimum Gasteiger partial charge on any atom is -0.310 e. The Balaban J connectivity index is 2.75. The van der Waals surface area contributed by atoms with Gasteiger partial charge in [0, 0.05) is 15.5 Å². The Morgan fingerprint density at radius 3 is 2.83 bits per heavy atom. The van der Waals surface area contributed by atoms with Gasteiger partial charge < -0.3 is 5.32 Å². The SMILES string of the molecule is C=CCCCC(NCCC)c1cc(Cl)cc(Br)c1. The van der Waals surface area contributed by atoms with E-state index in [-0.39, 0.29) is 0 Å². The Bertz CT molecular complexity index is 359. The molecule has 0 heterocycles. The normalized spacial score (nSPS) is 12.4. The highest BCUT2D eigenvalue weighted by molar-refractivity contribution is 9.10. The van der Waals surface area contributed by atoms with Crippen molar-refractivity contribution in [3.63, 3.8) is 0 Å². The summed E-state index contributed by atoms with van der Waals surface area (Å²) in [7, 11) is 0. The number of unbranched alkanes of at least 4 members (excludes halogenated alkanes) is 1. The molecule has 1 aromatic carbocycles. The molecule has 1 unspecified atom stereocenters. The van der Waals surface area contributed by atoms with E-state index in [2.05, 4.69) is 40.8 Å². The second kappa shape index (κ2) is 8.73. The monoisotopic (exact) mass is 329 g/mol. The number of nitrogens with one attached hydrogen (secondary N) is 1. The van der Waals surface area contributed by atoms with Crippen LogP contribution in [0.5, 0.6) is 0 Å². The molecule has 0 bridgehead atoms. The lowest BCUT2D eigenvalue weighted by molar-refractivity contribution is 0.486. The number of halogens is 2. The topological polar surface area (TPSA) is 12.0 Å². The van der Waals surface area contributed by atoms with Crippen LogP contribution < -0.4 is 5.32 Å². The molecular weight excluding hydrogens is 310 g/mol. The first kappa shape index (κ1) is 15.7. The first-order chi connectivity index (χ1) is 8.67. The van der Waals surface area contributed by atoms with Crippen molar-refractivity contribution in [2.45, 2.75) is 38.6 Å². The zero-order chi connectivity index (χ0) is 13.4. The molecule has 100 valence electrons. The summed E-state index contributed by atoms with van der Waals surface area (Å²) in [6.07, 6.45) is 6.43. The largest absolute Gasteiger partial charge is 0.310 e. The average molecular weight is 331 g/mol. The number of rotatable bonds is 8. The summed E-state index contributed by atoms with van der Waals surface area (Å²) >= 11 is 9.62. The molecule has 3 heteroatoms. The molecule has 0 aliphatic rings. The van der Waals surface area contributed by atoms with Gasteiger partial charge >= 0.3 is 0 Å². The Labute approximate surface area is 124 Å². The first-order valence-electron chi connectivity index (χ1n) is 6.47. The summed E-state index contributed by atoms with van der Waals surface area (Å²) in [5.74, 6) is 0. The van der Waals surface area contributed by atoms with Gasteiger partial charge in [-0.05, 0) is 56.0 Å². The molecular formula is C15H21BrClN. The molecule has 0 aliphatic heterocycles. The van der Waals surface area contributed by atoms with Crippen molar-refractivity contribution < 1.29 is 0 Å². The van der Waals surface area contributed by atoms with E-state index in [0.29, 0.717) is 6.04 Å². The predicted molar refractivity (Wildman–Crippen MR) is 84.2 cm³/mol. The lowest BCUT2D eigenvalue weighted by atomic mass is 10.0. The fourth-order valence-electron chi connectivity index (χ4n) is 1.95. The van der Waals surface area contributed by atoms with Crippen LogP contribution in [0.15, 0.2) is 35.3 Å². The summed E-state index contributed by atoms with van der Waals surface area (Å²) in [5.41, 5.74) is 1.26. The highest BCUT2D eigenvalue weighted by Gasteiger charge is 2.11. The molecule has 0 amide bonds. The van der Waals surface area contributed by atoms with Crippen LogP contribution in [0.25, 0.3) is 0 Å². The van der Waals surface area contributed by atoms with E-state index in [1.807, 2.05) is 18.2 Å². The quantitative estimate of drug-likeness (QED) is 0.490. The van der Waals surface area contributed by atoms with Crippen molar-refractivity contribution in [2.75, 3.05) is 6.54 Å². The molecule has 0 spiro atoms. The van der Waals surface area contributed by atoms with E-state index < -0.39 is 0 Å². The number of benzene rings is 1. The van der Waals surface area contributed by atoms with Crippen molar-refractivity contribution in [1.82, 2.24) is 5.32 Å². The maximum Gasteiger partial charge on any atom is 0.0420 e. The Morgan fingerprint density at radius 1 is 1.44 bits per heavy atom. The molecule has 1 N–H and O–H groups in total. The van der Waals surface area contributed by atoms with E-state index in [1.165, 1.54) is 5.56 Å². The Hall–Kier alpha value is -0.310. The van der Waals surface area contributed by atoms with Gasteiger partial charge in [0.15, 0.2) is 0 Å². The van der Waals surface area contributed by atoms with Crippen LogP contribution in [0.2, 0.25) is 5.02 Å². The van der Waals surface area contributed by atoms with E-state index in [1.54, 1.807) is 0 Å². The number of hydrogen-bond donors (Lipinski definition) is 1. The van der Waals surface area contributed by atoms with Crippen LogP contribution >= 0.6 is 27.5 Å². The van der Waals surface area contributed by atoms with Gasteiger partial charge in [-0.25, -0.2) is 0 Å². The van der Waals surface area contributed by atoms with Gasteiger partial charge in [-0.2, -0.15) is 0 Å². The lowest BCUT2D eigenvalue weighted by Crippen LogP contribution is -2.22. The molecule has 0 fully saturated rings. The van der Waals surface area contributed by atoms with E-state index in [0.717, 1.165) is 41.7 Å². The summed E-state index contributed by atoms with van der Waals surface area (Å²) < 4.78 is 1.04. The molecule has 0 radical (unpaired) electrons. The third-order valence-electron chi connectivity index (χ3n) is 2.83. The van der Waals surface area contributed by atoms with Gasteiger partial charge in [-0.15, -0.1) is 6.58 Å². The van der Waals surface area contributed by atoms with Gasteiger partial charge in [-0.3, -0.25) is 0 Å². The summed E-state index contributed by atoms with van der Waals surface area (Å²) in [5, 5.41) is 4.37. The predicted octanol–water partition coefficient (Wildman–Crippen LogP) is 5.50. The van der Waals surface area contributed by atoms with Gasteiger partial charge in [-0.1, -0.05) is 40.5 Å². The Morgan fingerprint density at radius 2 is 2.22 bits per heavy atom. The zero-order valence-electron chi connectivity index (χ0n) is 10.9. The van der Waals surface area contributed by atoms with Crippen LogP contribution in [-0.2, 0) is 0 Å². The molecule has 18 heavy (non-hydrogen) atoms. The lowest BCUT2D eigenvalue weighted by Gasteiger charge is -2.19. The van der Waals surface area contributed by atoms with Crippen LogP contribution in [0.4, 0.5) is 0 Å². The highest BCUT2D eigenvalue weighted by atomic mass is 79.9. The van der Waals surface area contributed by atoms with Crippen molar-refractivity contribution in [1.29, 1.82) is 0 Å². The Kier molecular flexibility index (Phi) is 7.64. The van der Waals surface area contributed by atoms with Gasteiger partial charge in [0.2, 0.25) is 0 Å². The van der Waals surface area contributed by atoms with Gasteiger partial charge in [0.05, 0.1) is 0 Å². The van der Waals surface area contributed by atoms with E-state index in [4.69, 9.17) is 11.6 Å². The molecule has 0 saturated carbocycles. The van der Waals surface area contributed by atoms with Gasteiger partial charge in [0.1, 0.15) is 0 Å². The van der Waals surface area contributed by atoms with Crippen molar-refractivity contribution in [3.05, 3.63) is 45.9 Å². The minimum atomic E-state index is 0.375. The molecule has 0 aliphatic carbocycles. The molecule has 1 rings (SSSR count). The molecule has 1 aromatic rings. The smallest absolute Gasteiger partial charge is 0.0420 e. The fourth-order valence-corrected chi connectivity index (χ4v) is 2.83. The van der Waals surface area contributed by atoms with Crippen LogP contribution in [0.3, 0.4) is 0 Å². The van der Waals surface area contributed by atoms with E-state index in [9.17, 15) is 0 Å². The van der Waals surface area contributed by atoms with Crippen LogP contribution in [-0.4, -0.2) is 6.54 Å². The summed E-state index contributed by atoms with van der Waals surface area (Å²) in [6.45, 7) is 6.98. The summed E-state index contributed by atoms with van der Waals surface area (Å²) in [6, 6.07) is 6.49. The van der Waals surface area contributed by atoms with Gasteiger partial charge in [0.25, 0.3) is 0 Å². The third kappa shape index (κ3) is 5.55. The van der Waals surface area contributed by atoms with E-state index >= 15 is 0 Å². The molecule has 1 nitrogen and oxygen atoms in total. The standard InChI is InChI=1S/C15H21BrClN/c1-3-5-6-7-15(18-8-4-2)12-9-13(16)11-14(17)10-12/h3,9-11,15,18H,1,4-8H2,2H3. The second-order valence-electron chi connectivity index (χ2n) is 4.43. The van der Waals surface area contributed by atoms with Crippen LogP contribution in [0, 0.1) is 0 Å². The molecule has 1 atom stereocenters. The number of hydrogen-bond acceptors (Lipinski definition) is 1. The van der Waals surface area contributed by atoms with Crippen LogP contribution in [0.1, 0.15) is 44.2 Å². The first-order valence-corrected chi connectivity index (χ1v) is 7.64. The molecule has 0 saturated heterocycles. The maximum absolute atomic E-state index is 6.12.